The minimum absolute atomic E-state index is 0.0953. The van der Waals surface area contributed by atoms with Crippen LogP contribution in [0.3, 0.4) is 0 Å². The van der Waals surface area contributed by atoms with E-state index in [-0.39, 0.29) is 17.7 Å². The fourth-order valence-corrected chi connectivity index (χ4v) is 4.89. The Morgan fingerprint density at radius 3 is 2.43 bits per heavy atom. The second-order valence-electron chi connectivity index (χ2n) is 9.57. The van der Waals surface area contributed by atoms with Crippen molar-refractivity contribution in [1.82, 2.24) is 10.2 Å². The lowest BCUT2D eigenvalue weighted by Crippen LogP contribution is -2.58. The van der Waals surface area contributed by atoms with Gasteiger partial charge in [0.2, 0.25) is 0 Å². The lowest BCUT2D eigenvalue weighted by Gasteiger charge is -2.44. The number of allylic oxidation sites excluding steroid dienone is 1. The zero-order chi connectivity index (χ0) is 24.6. The van der Waals surface area contributed by atoms with Crippen molar-refractivity contribution < 1.29 is 9.53 Å². The fourth-order valence-electron chi connectivity index (χ4n) is 4.89. The van der Waals surface area contributed by atoms with Gasteiger partial charge in [-0.2, -0.15) is 0 Å². The van der Waals surface area contributed by atoms with E-state index in [4.69, 9.17) is 15.6 Å². The maximum Gasteiger partial charge on any atom is 0.269 e. The highest BCUT2D eigenvalue weighted by molar-refractivity contribution is 6.45. The number of fused-ring (bicyclic) bond motifs is 3. The summed E-state index contributed by atoms with van der Waals surface area (Å²) in [6, 6.07) is 17.7. The van der Waals surface area contributed by atoms with E-state index >= 15 is 0 Å². The van der Waals surface area contributed by atoms with Crippen LogP contribution in [-0.4, -0.2) is 47.9 Å². The Kier molecular flexibility index (Phi) is 8.48. The summed E-state index contributed by atoms with van der Waals surface area (Å²) in [6.45, 7) is 5.67. The number of carbonyl (C=O) groups is 1. The smallest absolute Gasteiger partial charge is 0.269 e. The second kappa shape index (κ2) is 11.9. The summed E-state index contributed by atoms with van der Waals surface area (Å²) < 4.78 is 5.90. The lowest BCUT2D eigenvalue weighted by molar-refractivity contribution is -0.116. The highest BCUT2D eigenvalue weighted by Crippen LogP contribution is 2.27. The van der Waals surface area contributed by atoms with E-state index in [1.54, 1.807) is 6.08 Å². The van der Waals surface area contributed by atoms with Crippen LogP contribution in [0.1, 0.15) is 50.2 Å². The molecule has 6 heteroatoms. The van der Waals surface area contributed by atoms with Gasteiger partial charge in [-0.3, -0.25) is 10.2 Å². The highest BCUT2D eigenvalue weighted by Gasteiger charge is 2.35. The summed E-state index contributed by atoms with van der Waals surface area (Å²) in [5.41, 5.74) is 2.90. The number of amides is 1. The first kappa shape index (κ1) is 24.9. The number of ether oxygens (including phenoxy) is 1. The average molecular weight is 473 g/mol. The van der Waals surface area contributed by atoms with E-state index in [0.29, 0.717) is 30.2 Å². The molecule has 3 N–H and O–H groups in total. The van der Waals surface area contributed by atoms with Gasteiger partial charge >= 0.3 is 0 Å². The Morgan fingerprint density at radius 1 is 1.09 bits per heavy atom. The van der Waals surface area contributed by atoms with Crippen LogP contribution in [0.5, 0.6) is 5.75 Å². The van der Waals surface area contributed by atoms with Crippen molar-refractivity contribution in [2.75, 3.05) is 19.6 Å². The first-order valence-electron chi connectivity index (χ1n) is 12.7. The second-order valence-corrected chi connectivity index (χ2v) is 9.57. The van der Waals surface area contributed by atoms with E-state index in [9.17, 15) is 4.79 Å². The lowest BCUT2D eigenvalue weighted by atomic mass is 9.84. The predicted molar refractivity (Wildman–Crippen MR) is 141 cm³/mol. The van der Waals surface area contributed by atoms with Gasteiger partial charge in [0, 0.05) is 23.9 Å². The molecule has 3 aliphatic heterocycles. The van der Waals surface area contributed by atoms with Crippen molar-refractivity contribution in [2.24, 2.45) is 5.92 Å². The van der Waals surface area contributed by atoms with E-state index in [2.05, 4.69) is 17.1 Å². The monoisotopic (exact) mass is 472 g/mol. The van der Waals surface area contributed by atoms with Crippen molar-refractivity contribution in [3.63, 3.8) is 0 Å². The molecule has 2 aromatic rings. The molecule has 3 saturated heterocycles. The number of unbranched alkanes of at least 4 members (excludes halogenated alkanes) is 1. The van der Waals surface area contributed by atoms with Crippen LogP contribution in [0.4, 0.5) is 0 Å². The summed E-state index contributed by atoms with van der Waals surface area (Å²) in [5.74, 6) is 0.894. The maximum absolute atomic E-state index is 12.9. The molecule has 35 heavy (non-hydrogen) atoms. The number of hydrogen-bond donors (Lipinski definition) is 3. The zero-order valence-corrected chi connectivity index (χ0v) is 20.6. The van der Waals surface area contributed by atoms with Gasteiger partial charge in [-0.15, -0.1) is 0 Å². The fraction of sp³-hybridized carbons (Fsp3) is 0.414. The molecule has 0 aromatic heterocycles. The van der Waals surface area contributed by atoms with Gasteiger partial charge in [0.25, 0.3) is 5.91 Å². The largest absolute Gasteiger partial charge is 0.489 e. The third kappa shape index (κ3) is 6.67. The van der Waals surface area contributed by atoms with Crippen molar-refractivity contribution in [1.29, 1.82) is 10.8 Å². The summed E-state index contributed by atoms with van der Waals surface area (Å²) in [5, 5.41) is 20.2. The maximum atomic E-state index is 12.9. The third-order valence-corrected chi connectivity index (χ3v) is 7.03. The molecule has 2 bridgehead atoms. The van der Waals surface area contributed by atoms with Crippen molar-refractivity contribution in [3.8, 4) is 5.75 Å². The molecule has 3 aliphatic rings. The van der Waals surface area contributed by atoms with Crippen molar-refractivity contribution in [3.05, 3.63) is 71.8 Å². The first-order valence-corrected chi connectivity index (χ1v) is 12.7. The number of carbonyl (C=O) groups excluding carboxylic acids is 1. The van der Waals surface area contributed by atoms with Crippen LogP contribution in [0.25, 0.3) is 5.57 Å². The van der Waals surface area contributed by atoms with Crippen LogP contribution in [-0.2, 0) is 11.4 Å². The van der Waals surface area contributed by atoms with E-state index in [1.165, 1.54) is 0 Å². The van der Waals surface area contributed by atoms with Gasteiger partial charge in [-0.05, 0) is 74.0 Å². The van der Waals surface area contributed by atoms with Gasteiger partial charge in [0.05, 0.1) is 0 Å². The zero-order valence-electron chi connectivity index (χ0n) is 20.6. The molecule has 0 saturated carbocycles. The number of rotatable bonds is 11. The van der Waals surface area contributed by atoms with Gasteiger partial charge < -0.3 is 20.4 Å². The minimum atomic E-state index is -0.354. The average Bonchev–Trinajstić information content (AvgIpc) is 2.90. The SMILES string of the molecule is CCCCC(=N)/C(=C\C(=N)C(=O)NC1CN2CCC1CC2)c1ccc(OCc2ccccc2)cc1. The Hall–Kier alpha value is -3.25. The van der Waals surface area contributed by atoms with E-state index in [1.807, 2.05) is 54.6 Å². The minimum Gasteiger partial charge on any atom is -0.489 e. The summed E-state index contributed by atoms with van der Waals surface area (Å²) in [7, 11) is 0. The molecule has 0 aliphatic carbocycles. The van der Waals surface area contributed by atoms with Gasteiger partial charge in [0.15, 0.2) is 0 Å². The molecule has 3 heterocycles. The van der Waals surface area contributed by atoms with E-state index in [0.717, 1.165) is 62.2 Å². The normalized spacial score (nSPS) is 21.4. The molecule has 1 amide bonds. The number of hydrogen-bond acceptors (Lipinski definition) is 5. The highest BCUT2D eigenvalue weighted by atomic mass is 16.5. The Morgan fingerprint density at radius 2 is 1.80 bits per heavy atom. The molecule has 1 unspecified atom stereocenters. The van der Waals surface area contributed by atoms with Crippen LogP contribution in [0, 0.1) is 16.7 Å². The summed E-state index contributed by atoms with van der Waals surface area (Å²) >= 11 is 0. The van der Waals surface area contributed by atoms with E-state index < -0.39 is 0 Å². The standard InChI is InChI=1S/C29H36N4O2/c1-2-3-9-26(30)25(18-27(31)29(34)32-28-19-33-16-14-23(28)15-17-33)22-10-12-24(13-11-22)35-20-21-7-5-4-6-8-21/h4-8,10-13,18,23,28,30-31H,2-3,9,14-17,19-20H2,1H3,(H,32,34)/b25-18-,30-26?,31-27?. The Balaban J connectivity index is 1.45. The third-order valence-electron chi connectivity index (χ3n) is 7.03. The molecular formula is C29H36N4O2. The molecule has 3 fully saturated rings. The molecule has 2 aromatic carbocycles. The van der Waals surface area contributed by atoms with Gasteiger partial charge in [-0.25, -0.2) is 0 Å². The van der Waals surface area contributed by atoms with Crippen LogP contribution in [0.2, 0.25) is 0 Å². The molecule has 1 atom stereocenters. The number of piperidine rings is 3. The quantitative estimate of drug-likeness (QED) is 0.398. The number of nitrogens with zero attached hydrogens (tertiary/aromatic N) is 1. The summed E-state index contributed by atoms with van der Waals surface area (Å²) in [6.07, 6.45) is 6.28. The first-order chi connectivity index (χ1) is 17.0. The van der Waals surface area contributed by atoms with Crippen LogP contribution >= 0.6 is 0 Å². The molecule has 0 spiro atoms. The van der Waals surface area contributed by atoms with Gasteiger partial charge in [0.1, 0.15) is 18.1 Å². The predicted octanol–water partition coefficient (Wildman–Crippen LogP) is 5.09. The van der Waals surface area contributed by atoms with Crippen LogP contribution in [0.15, 0.2) is 60.7 Å². The molecular weight excluding hydrogens is 436 g/mol. The Bertz CT molecular complexity index is 1050. The Labute approximate surface area is 208 Å². The molecule has 0 radical (unpaired) electrons. The molecule has 184 valence electrons. The number of benzene rings is 2. The van der Waals surface area contributed by atoms with Gasteiger partial charge in [-0.1, -0.05) is 55.8 Å². The summed E-state index contributed by atoms with van der Waals surface area (Å²) in [4.78, 5) is 15.3. The van der Waals surface area contributed by atoms with Crippen molar-refractivity contribution >= 4 is 22.9 Å². The van der Waals surface area contributed by atoms with Crippen molar-refractivity contribution in [2.45, 2.75) is 51.7 Å². The van der Waals surface area contributed by atoms with Crippen LogP contribution < -0.4 is 10.1 Å². The number of nitrogens with one attached hydrogen (secondary N) is 3. The topological polar surface area (TPSA) is 89.3 Å². The molecule has 5 rings (SSSR count). The molecule has 6 nitrogen and oxygen atoms in total.